The van der Waals surface area contributed by atoms with Crippen LogP contribution in [-0.2, 0) is 14.8 Å². The molecule has 0 fully saturated rings. The van der Waals surface area contributed by atoms with Gasteiger partial charge in [-0.2, -0.15) is 0 Å². The van der Waals surface area contributed by atoms with Gasteiger partial charge >= 0.3 is 5.97 Å². The number of sulfonamides is 1. The maximum atomic E-state index is 12.2. The van der Waals surface area contributed by atoms with Crippen LogP contribution in [0.15, 0.2) is 14.7 Å². The van der Waals surface area contributed by atoms with E-state index < -0.39 is 21.6 Å². The molecule has 0 saturated heterocycles. The van der Waals surface area contributed by atoms with Gasteiger partial charge in [0.05, 0.1) is 16.5 Å². The number of hydrogen-bond acceptors (Lipinski definition) is 6. The van der Waals surface area contributed by atoms with Gasteiger partial charge in [0.15, 0.2) is 0 Å². The molecule has 1 aromatic heterocycles. The van der Waals surface area contributed by atoms with Crippen LogP contribution in [0.3, 0.4) is 0 Å². The van der Waals surface area contributed by atoms with Crippen molar-refractivity contribution in [2.45, 2.75) is 37.2 Å². The van der Waals surface area contributed by atoms with Gasteiger partial charge in [0, 0.05) is 6.54 Å². The minimum atomic E-state index is -3.82. The van der Waals surface area contributed by atoms with Crippen molar-refractivity contribution in [2.24, 2.45) is 0 Å². The number of aliphatic hydroxyl groups is 1. The van der Waals surface area contributed by atoms with Crippen LogP contribution in [0.5, 0.6) is 0 Å². The first kappa shape index (κ1) is 18.6. The molecule has 0 amide bonds. The lowest BCUT2D eigenvalue weighted by Crippen LogP contribution is -2.40. The van der Waals surface area contributed by atoms with Crippen LogP contribution in [0.4, 0.5) is 0 Å². The number of nitrogens with one attached hydrogen (secondary N) is 1. The zero-order valence-corrected chi connectivity index (χ0v) is 15.2. The van der Waals surface area contributed by atoms with Gasteiger partial charge in [0.1, 0.15) is 9.77 Å². The topological polar surface area (TPSA) is 92.7 Å². The van der Waals surface area contributed by atoms with Crippen LogP contribution < -0.4 is 4.72 Å². The van der Waals surface area contributed by atoms with Crippen molar-refractivity contribution in [3.8, 4) is 0 Å². The molecule has 0 aliphatic carbocycles. The molecule has 0 saturated carbocycles. The standard InChI is InChI=1S/C12H18BrNO5S2/c1-4-5-12(2,16)7-14-21(17,18)9-6-8(11(15)19-3)20-10(9)13/h6,14,16H,4-5,7H2,1-3H3. The van der Waals surface area contributed by atoms with Gasteiger partial charge in [-0.15, -0.1) is 11.3 Å². The lowest BCUT2D eigenvalue weighted by Gasteiger charge is -2.22. The second-order valence-electron chi connectivity index (χ2n) is 4.81. The molecule has 9 heteroatoms. The smallest absolute Gasteiger partial charge is 0.348 e. The molecule has 1 aromatic rings. The highest BCUT2D eigenvalue weighted by molar-refractivity contribution is 9.11. The SMILES string of the molecule is CCCC(C)(O)CNS(=O)(=O)c1cc(C(=O)OC)sc1Br. The molecule has 0 aromatic carbocycles. The van der Waals surface area contributed by atoms with Gasteiger partial charge in [-0.05, 0) is 35.3 Å². The summed E-state index contributed by atoms with van der Waals surface area (Å²) in [6, 6.07) is 1.25. The first-order valence-corrected chi connectivity index (χ1v) is 9.32. The van der Waals surface area contributed by atoms with Crippen molar-refractivity contribution in [1.82, 2.24) is 4.72 Å². The summed E-state index contributed by atoms with van der Waals surface area (Å²) in [4.78, 5) is 11.6. The zero-order chi connectivity index (χ0) is 16.3. The molecule has 1 rings (SSSR count). The first-order valence-electron chi connectivity index (χ1n) is 6.22. The van der Waals surface area contributed by atoms with Crippen molar-refractivity contribution < 1.29 is 23.1 Å². The fourth-order valence-corrected chi connectivity index (χ4v) is 5.33. The van der Waals surface area contributed by atoms with Gasteiger partial charge in [0.2, 0.25) is 10.0 Å². The lowest BCUT2D eigenvalue weighted by molar-refractivity contribution is 0.0553. The van der Waals surface area contributed by atoms with E-state index in [4.69, 9.17) is 0 Å². The summed E-state index contributed by atoms with van der Waals surface area (Å²) in [7, 11) is -2.59. The predicted octanol–water partition coefficient (Wildman–Crippen LogP) is 2.13. The minimum Gasteiger partial charge on any atom is -0.465 e. The van der Waals surface area contributed by atoms with E-state index in [0.29, 0.717) is 10.2 Å². The molecule has 1 atom stereocenters. The van der Waals surface area contributed by atoms with E-state index in [9.17, 15) is 18.3 Å². The highest BCUT2D eigenvalue weighted by Crippen LogP contribution is 2.32. The van der Waals surface area contributed by atoms with Crippen LogP contribution in [0.2, 0.25) is 0 Å². The van der Waals surface area contributed by atoms with E-state index in [1.165, 1.54) is 13.2 Å². The Morgan fingerprint density at radius 3 is 2.71 bits per heavy atom. The quantitative estimate of drug-likeness (QED) is 0.684. The van der Waals surface area contributed by atoms with Crippen molar-refractivity contribution in [1.29, 1.82) is 0 Å². The van der Waals surface area contributed by atoms with Crippen molar-refractivity contribution in [2.75, 3.05) is 13.7 Å². The van der Waals surface area contributed by atoms with E-state index in [0.717, 1.165) is 17.8 Å². The molecule has 0 bridgehead atoms. The Balaban J connectivity index is 2.93. The van der Waals surface area contributed by atoms with E-state index in [-0.39, 0.29) is 16.3 Å². The largest absolute Gasteiger partial charge is 0.465 e. The molecule has 6 nitrogen and oxygen atoms in total. The third-order valence-electron chi connectivity index (χ3n) is 2.76. The second-order valence-corrected chi connectivity index (χ2v) is 8.92. The molecule has 0 aliphatic rings. The van der Waals surface area contributed by atoms with Gasteiger partial charge in [0.25, 0.3) is 0 Å². The average Bonchev–Trinajstić information content (AvgIpc) is 2.79. The Bertz CT molecular complexity index is 609. The number of esters is 1. The van der Waals surface area contributed by atoms with Crippen molar-refractivity contribution in [3.05, 3.63) is 14.7 Å². The lowest BCUT2D eigenvalue weighted by atomic mass is 10.0. The molecule has 0 radical (unpaired) electrons. The van der Waals surface area contributed by atoms with E-state index in [2.05, 4.69) is 25.4 Å². The van der Waals surface area contributed by atoms with Gasteiger partial charge in [-0.25, -0.2) is 17.9 Å². The molecule has 0 aliphatic heterocycles. The molecule has 0 spiro atoms. The molecular weight excluding hydrogens is 382 g/mol. The number of carbonyl (C=O) groups excluding carboxylic acids is 1. The summed E-state index contributed by atoms with van der Waals surface area (Å²) >= 11 is 4.11. The predicted molar refractivity (Wildman–Crippen MR) is 84.1 cm³/mol. The maximum Gasteiger partial charge on any atom is 0.348 e. The van der Waals surface area contributed by atoms with Crippen molar-refractivity contribution >= 4 is 43.3 Å². The maximum absolute atomic E-state index is 12.2. The highest BCUT2D eigenvalue weighted by atomic mass is 79.9. The summed E-state index contributed by atoms with van der Waals surface area (Å²) in [5.74, 6) is -0.597. The summed E-state index contributed by atoms with van der Waals surface area (Å²) in [6.07, 6.45) is 1.22. The van der Waals surface area contributed by atoms with Crippen LogP contribution in [0.25, 0.3) is 0 Å². The van der Waals surface area contributed by atoms with Crippen LogP contribution in [0, 0.1) is 0 Å². The number of carbonyl (C=O) groups is 1. The van der Waals surface area contributed by atoms with Gasteiger partial charge in [-0.1, -0.05) is 13.3 Å². The molecule has 21 heavy (non-hydrogen) atoms. The number of halogens is 1. The Hall–Kier alpha value is -0.480. The van der Waals surface area contributed by atoms with Crippen LogP contribution in [-0.4, -0.2) is 38.7 Å². The normalized spacial score (nSPS) is 14.7. The third-order valence-corrected chi connectivity index (χ3v) is 6.40. The van der Waals surface area contributed by atoms with E-state index in [1.54, 1.807) is 6.92 Å². The number of hydrogen-bond donors (Lipinski definition) is 2. The number of ether oxygens (including phenoxy) is 1. The summed E-state index contributed by atoms with van der Waals surface area (Å²) in [5.41, 5.74) is -1.12. The van der Waals surface area contributed by atoms with Gasteiger partial charge < -0.3 is 9.84 Å². The average molecular weight is 400 g/mol. The summed E-state index contributed by atoms with van der Waals surface area (Å²) < 4.78 is 31.7. The fraction of sp³-hybridized carbons (Fsp3) is 0.583. The number of methoxy groups -OCH3 is 1. The van der Waals surface area contributed by atoms with Crippen molar-refractivity contribution in [3.63, 3.8) is 0 Å². The second kappa shape index (κ2) is 7.19. The minimum absolute atomic E-state index is 0.0415. The molecular formula is C12H18BrNO5S2. The summed E-state index contributed by atoms with van der Waals surface area (Å²) in [6.45, 7) is 3.38. The van der Waals surface area contributed by atoms with Crippen LogP contribution in [0.1, 0.15) is 36.4 Å². The number of thiophene rings is 1. The fourth-order valence-electron chi connectivity index (χ4n) is 1.69. The summed E-state index contributed by atoms with van der Waals surface area (Å²) in [5, 5.41) is 10.0. The van der Waals surface area contributed by atoms with E-state index in [1.807, 2.05) is 6.92 Å². The molecule has 1 heterocycles. The van der Waals surface area contributed by atoms with E-state index >= 15 is 0 Å². The number of rotatable bonds is 7. The molecule has 2 N–H and O–H groups in total. The van der Waals surface area contributed by atoms with Crippen LogP contribution >= 0.6 is 27.3 Å². The Labute approximate surface area is 136 Å². The Morgan fingerprint density at radius 1 is 1.57 bits per heavy atom. The third kappa shape index (κ3) is 5.03. The molecule has 1 unspecified atom stereocenters. The Morgan fingerprint density at radius 2 is 2.19 bits per heavy atom. The zero-order valence-electron chi connectivity index (χ0n) is 12.0. The monoisotopic (exact) mass is 399 g/mol. The van der Waals surface area contributed by atoms with Gasteiger partial charge in [-0.3, -0.25) is 0 Å². The first-order chi connectivity index (χ1) is 9.63. The highest BCUT2D eigenvalue weighted by Gasteiger charge is 2.27. The Kier molecular flexibility index (Phi) is 6.36. The molecule has 120 valence electrons.